The third-order valence-corrected chi connectivity index (χ3v) is 4.18. The molecule has 2 atom stereocenters. The first-order chi connectivity index (χ1) is 13.2. The van der Waals surface area contributed by atoms with Crippen LogP contribution in [0.2, 0.25) is 0 Å². The number of carbonyl (C=O) groups excluding carboxylic acids is 3. The van der Waals surface area contributed by atoms with Crippen LogP contribution in [0.25, 0.3) is 5.69 Å². The summed E-state index contributed by atoms with van der Waals surface area (Å²) in [5.74, 6) is -0.406. The first kappa shape index (κ1) is 19.5. The van der Waals surface area contributed by atoms with E-state index in [1.165, 1.54) is 17.2 Å². The van der Waals surface area contributed by atoms with Crippen molar-refractivity contribution in [2.24, 2.45) is 0 Å². The summed E-state index contributed by atoms with van der Waals surface area (Å²) in [4.78, 5) is 38.2. The van der Waals surface area contributed by atoms with Gasteiger partial charge in [-0.15, -0.1) is 0 Å². The first-order valence-corrected chi connectivity index (χ1v) is 9.01. The number of hydrogen-bond acceptors (Lipinski definition) is 6. The maximum absolute atomic E-state index is 12.8. The number of ketones is 1. The van der Waals surface area contributed by atoms with E-state index in [4.69, 9.17) is 4.74 Å². The predicted molar refractivity (Wildman–Crippen MR) is 100 cm³/mol. The molecule has 0 bridgehead atoms. The minimum Gasteiger partial charge on any atom is -0.444 e. The van der Waals surface area contributed by atoms with Gasteiger partial charge in [0.1, 0.15) is 11.4 Å². The maximum Gasteiger partial charge on any atom is 0.407 e. The van der Waals surface area contributed by atoms with E-state index in [1.807, 2.05) is 0 Å². The molecular weight excluding hydrogens is 362 g/mol. The zero-order chi connectivity index (χ0) is 20.3. The van der Waals surface area contributed by atoms with Crippen LogP contribution in [-0.4, -0.2) is 50.5 Å². The third kappa shape index (κ3) is 4.73. The molecule has 0 spiro atoms. The van der Waals surface area contributed by atoms with Crippen LogP contribution < -0.4 is 10.6 Å². The third-order valence-electron chi connectivity index (χ3n) is 4.18. The smallest absolute Gasteiger partial charge is 0.407 e. The van der Waals surface area contributed by atoms with Crippen molar-refractivity contribution in [1.82, 2.24) is 25.6 Å². The standard InChI is InChI=1S/C19H23N5O4/c1-19(2,3)28-18(27)23-15-11-12(25)10-14(15)22-17(26)13-6-4-5-7-16(13)24-20-8-9-21-24/h4-9,14-15H,10-11H2,1-3H3,(H,22,26)(H,23,27). The Balaban J connectivity index is 1.72. The van der Waals surface area contributed by atoms with Crippen LogP contribution in [0.15, 0.2) is 36.7 Å². The molecule has 1 saturated carbocycles. The summed E-state index contributed by atoms with van der Waals surface area (Å²) in [6.07, 6.45) is 2.71. The second-order valence-corrected chi connectivity index (χ2v) is 7.62. The lowest BCUT2D eigenvalue weighted by atomic mass is 10.1. The number of benzene rings is 1. The number of rotatable bonds is 4. The monoisotopic (exact) mass is 385 g/mol. The molecule has 2 N–H and O–H groups in total. The van der Waals surface area contributed by atoms with Crippen molar-refractivity contribution < 1.29 is 19.1 Å². The molecule has 2 amide bonds. The van der Waals surface area contributed by atoms with Gasteiger partial charge in [0, 0.05) is 12.8 Å². The summed E-state index contributed by atoms with van der Waals surface area (Å²) in [7, 11) is 0. The number of nitrogens with one attached hydrogen (secondary N) is 2. The minimum atomic E-state index is -0.652. The molecule has 1 fully saturated rings. The average Bonchev–Trinajstić information content (AvgIpc) is 3.23. The van der Waals surface area contributed by atoms with Gasteiger partial charge in [0.25, 0.3) is 5.91 Å². The zero-order valence-electron chi connectivity index (χ0n) is 16.0. The topological polar surface area (TPSA) is 115 Å². The fourth-order valence-electron chi connectivity index (χ4n) is 3.05. The number of para-hydroxylation sites is 1. The fraction of sp³-hybridized carbons (Fsp3) is 0.421. The van der Waals surface area contributed by atoms with Gasteiger partial charge in [-0.25, -0.2) is 4.79 Å². The summed E-state index contributed by atoms with van der Waals surface area (Å²) in [5, 5.41) is 13.7. The van der Waals surface area contributed by atoms with E-state index in [2.05, 4.69) is 20.8 Å². The van der Waals surface area contributed by atoms with Gasteiger partial charge in [-0.1, -0.05) is 12.1 Å². The van der Waals surface area contributed by atoms with Crippen molar-refractivity contribution in [3.63, 3.8) is 0 Å². The Morgan fingerprint density at radius 1 is 1.07 bits per heavy atom. The van der Waals surface area contributed by atoms with Crippen molar-refractivity contribution in [1.29, 1.82) is 0 Å². The van der Waals surface area contributed by atoms with Crippen LogP contribution in [0.1, 0.15) is 44.0 Å². The number of ether oxygens (including phenoxy) is 1. The number of nitrogens with zero attached hydrogens (tertiary/aromatic N) is 3. The predicted octanol–water partition coefficient (Wildman–Crippen LogP) is 1.62. The summed E-state index contributed by atoms with van der Waals surface area (Å²) in [6, 6.07) is 5.85. The van der Waals surface area contributed by atoms with Crippen LogP contribution in [0.3, 0.4) is 0 Å². The molecule has 0 saturated heterocycles. The van der Waals surface area contributed by atoms with E-state index >= 15 is 0 Å². The van der Waals surface area contributed by atoms with E-state index in [1.54, 1.807) is 45.0 Å². The largest absolute Gasteiger partial charge is 0.444 e. The SMILES string of the molecule is CC(C)(C)OC(=O)NC1CC(=O)CC1NC(=O)c1ccccc1-n1nccn1. The van der Waals surface area contributed by atoms with Gasteiger partial charge in [0.05, 0.1) is 35.7 Å². The Hall–Kier alpha value is -3.23. The highest BCUT2D eigenvalue weighted by Crippen LogP contribution is 2.19. The van der Waals surface area contributed by atoms with Crippen LogP contribution in [-0.2, 0) is 9.53 Å². The Morgan fingerprint density at radius 3 is 2.32 bits per heavy atom. The highest BCUT2D eigenvalue weighted by Gasteiger charge is 2.36. The molecule has 148 valence electrons. The number of carbonyl (C=O) groups is 3. The molecule has 1 aliphatic carbocycles. The summed E-state index contributed by atoms with van der Waals surface area (Å²) < 4.78 is 5.25. The van der Waals surface area contributed by atoms with Crippen molar-refractivity contribution in [2.45, 2.75) is 51.3 Å². The van der Waals surface area contributed by atoms with Crippen LogP contribution in [0, 0.1) is 0 Å². The maximum atomic E-state index is 12.8. The molecule has 1 aromatic heterocycles. The Morgan fingerprint density at radius 2 is 1.68 bits per heavy atom. The molecule has 2 aromatic rings. The van der Waals surface area contributed by atoms with Crippen molar-refractivity contribution in [3.8, 4) is 5.69 Å². The molecule has 1 heterocycles. The molecule has 0 radical (unpaired) electrons. The van der Waals surface area contributed by atoms with Gasteiger partial charge in [-0.3, -0.25) is 9.59 Å². The number of alkyl carbamates (subject to hydrolysis) is 1. The van der Waals surface area contributed by atoms with E-state index < -0.39 is 23.8 Å². The van der Waals surface area contributed by atoms with Crippen molar-refractivity contribution >= 4 is 17.8 Å². The minimum absolute atomic E-state index is 0.0339. The van der Waals surface area contributed by atoms with E-state index in [0.29, 0.717) is 11.3 Å². The normalized spacial score (nSPS) is 19.3. The molecule has 2 unspecified atom stereocenters. The van der Waals surface area contributed by atoms with Crippen LogP contribution in [0.5, 0.6) is 0 Å². The van der Waals surface area contributed by atoms with Gasteiger partial charge in [-0.2, -0.15) is 15.0 Å². The fourth-order valence-corrected chi connectivity index (χ4v) is 3.05. The Kier molecular flexibility index (Phi) is 5.43. The molecule has 0 aliphatic heterocycles. The Bertz CT molecular complexity index is 873. The summed E-state index contributed by atoms with van der Waals surface area (Å²) >= 11 is 0. The molecule has 1 aliphatic rings. The second-order valence-electron chi connectivity index (χ2n) is 7.62. The zero-order valence-corrected chi connectivity index (χ0v) is 16.0. The van der Waals surface area contributed by atoms with E-state index in [9.17, 15) is 14.4 Å². The van der Waals surface area contributed by atoms with Gasteiger partial charge in [0.2, 0.25) is 0 Å². The first-order valence-electron chi connectivity index (χ1n) is 9.01. The lowest BCUT2D eigenvalue weighted by Crippen LogP contribution is -2.49. The van der Waals surface area contributed by atoms with Crippen molar-refractivity contribution in [3.05, 3.63) is 42.2 Å². The molecule has 28 heavy (non-hydrogen) atoms. The van der Waals surface area contributed by atoms with Crippen LogP contribution >= 0.6 is 0 Å². The molecule has 9 nitrogen and oxygen atoms in total. The van der Waals surface area contributed by atoms with E-state index in [0.717, 1.165) is 0 Å². The average molecular weight is 385 g/mol. The number of amides is 2. The van der Waals surface area contributed by atoms with Gasteiger partial charge in [0.15, 0.2) is 0 Å². The second kappa shape index (κ2) is 7.79. The highest BCUT2D eigenvalue weighted by molar-refractivity contribution is 5.98. The molecule has 9 heteroatoms. The van der Waals surface area contributed by atoms with Gasteiger partial charge in [-0.05, 0) is 32.9 Å². The quantitative estimate of drug-likeness (QED) is 0.826. The van der Waals surface area contributed by atoms with Crippen LogP contribution in [0.4, 0.5) is 4.79 Å². The number of Topliss-reactive ketones (excluding diaryl/α,β-unsaturated/α-hetero) is 1. The molecule has 3 rings (SSSR count). The highest BCUT2D eigenvalue weighted by atomic mass is 16.6. The summed E-state index contributed by atoms with van der Waals surface area (Å²) in [5.41, 5.74) is 0.237. The Labute approximate surface area is 162 Å². The molecule has 1 aromatic carbocycles. The molecular formula is C19H23N5O4. The van der Waals surface area contributed by atoms with Crippen molar-refractivity contribution in [2.75, 3.05) is 0 Å². The lowest BCUT2D eigenvalue weighted by molar-refractivity contribution is -0.117. The number of aromatic nitrogens is 3. The van der Waals surface area contributed by atoms with Gasteiger partial charge >= 0.3 is 6.09 Å². The number of hydrogen-bond donors (Lipinski definition) is 2. The lowest BCUT2D eigenvalue weighted by Gasteiger charge is -2.25. The summed E-state index contributed by atoms with van der Waals surface area (Å²) in [6.45, 7) is 5.27. The van der Waals surface area contributed by atoms with E-state index in [-0.39, 0.29) is 24.5 Å². The van der Waals surface area contributed by atoms with Gasteiger partial charge < -0.3 is 15.4 Å².